The Balaban J connectivity index is 0.00000144. The third kappa shape index (κ3) is 4.08. The number of aryl methyl sites for hydroxylation is 1. The van der Waals surface area contributed by atoms with E-state index >= 15 is 0 Å². The van der Waals surface area contributed by atoms with Gasteiger partial charge in [0.2, 0.25) is 0 Å². The van der Waals surface area contributed by atoms with Gasteiger partial charge in [-0.2, -0.15) is 5.10 Å². The maximum absolute atomic E-state index is 13.2. The summed E-state index contributed by atoms with van der Waals surface area (Å²) in [5.74, 6) is 0.128. The molecule has 9 heteroatoms. The third-order valence-corrected chi connectivity index (χ3v) is 5.08. The lowest BCUT2D eigenvalue weighted by molar-refractivity contribution is -0.142. The first-order valence-corrected chi connectivity index (χ1v) is 8.31. The number of aromatic nitrogens is 3. The Labute approximate surface area is 158 Å². The van der Waals surface area contributed by atoms with Crippen LogP contribution in [0, 0.1) is 6.92 Å². The molecule has 2 aromatic heterocycles. The van der Waals surface area contributed by atoms with Gasteiger partial charge in [0.25, 0.3) is 5.91 Å². The lowest BCUT2D eigenvalue weighted by Gasteiger charge is -2.39. The van der Waals surface area contributed by atoms with E-state index < -0.39 is 5.54 Å². The number of hydrogen-bond acceptors (Lipinski definition) is 5. The number of carbonyl (C=O) groups excluding carboxylic acids is 1. The summed E-state index contributed by atoms with van der Waals surface area (Å²) in [6.07, 6.45) is 7.02. The summed E-state index contributed by atoms with van der Waals surface area (Å²) >= 11 is 1.64. The number of carbonyl (C=O) groups is 1. The van der Waals surface area contributed by atoms with Crippen LogP contribution in [-0.4, -0.2) is 45.7 Å². The summed E-state index contributed by atoms with van der Waals surface area (Å²) < 4.78 is 1.84. The summed E-state index contributed by atoms with van der Waals surface area (Å²) in [4.78, 5) is 20.3. The van der Waals surface area contributed by atoms with Crippen molar-refractivity contribution in [3.05, 3.63) is 34.5 Å². The Morgan fingerprint density at radius 3 is 2.67 bits per heavy atom. The highest BCUT2D eigenvalue weighted by molar-refractivity contribution is 7.11. The van der Waals surface area contributed by atoms with Crippen molar-refractivity contribution in [2.24, 2.45) is 0 Å². The number of nitrogens with zero attached hydrogens (tertiary/aromatic N) is 4. The number of amides is 1. The van der Waals surface area contributed by atoms with Gasteiger partial charge in [0.05, 0.1) is 11.6 Å². The molecular formula is C15H23Cl2N5OS. The zero-order valence-electron chi connectivity index (χ0n) is 13.8. The molecule has 0 spiro atoms. The van der Waals surface area contributed by atoms with E-state index in [1.807, 2.05) is 37.1 Å². The molecule has 1 amide bonds. The Morgan fingerprint density at radius 2 is 2.12 bits per heavy atom. The molecule has 6 nitrogen and oxygen atoms in total. The lowest BCUT2D eigenvalue weighted by Crippen LogP contribution is -2.54. The molecule has 3 rings (SSSR count). The Hall–Kier alpha value is -1.15. The molecule has 1 saturated heterocycles. The van der Waals surface area contributed by atoms with Crippen LogP contribution in [0.5, 0.6) is 0 Å². The summed E-state index contributed by atoms with van der Waals surface area (Å²) in [7, 11) is 1.87. The second-order valence-corrected chi connectivity index (χ2v) is 7.06. The maximum atomic E-state index is 13.2. The highest BCUT2D eigenvalue weighted by atomic mass is 35.5. The molecule has 0 aromatic carbocycles. The summed E-state index contributed by atoms with van der Waals surface area (Å²) in [6.45, 7) is 4.24. The van der Waals surface area contributed by atoms with Crippen LogP contribution in [0.1, 0.15) is 22.7 Å². The molecule has 1 aliphatic rings. The fourth-order valence-electron chi connectivity index (χ4n) is 3.04. The van der Waals surface area contributed by atoms with E-state index in [2.05, 4.69) is 15.4 Å². The first-order chi connectivity index (χ1) is 10.6. The molecule has 24 heavy (non-hydrogen) atoms. The zero-order chi connectivity index (χ0) is 15.6. The number of nitrogens with one attached hydrogen (secondary N) is 1. The van der Waals surface area contributed by atoms with E-state index in [9.17, 15) is 4.79 Å². The van der Waals surface area contributed by atoms with E-state index in [-0.39, 0.29) is 30.7 Å². The van der Waals surface area contributed by atoms with Crippen molar-refractivity contribution >= 4 is 42.1 Å². The van der Waals surface area contributed by atoms with Gasteiger partial charge in [0.1, 0.15) is 5.54 Å². The molecule has 3 heterocycles. The van der Waals surface area contributed by atoms with Crippen LogP contribution >= 0.6 is 36.2 Å². The largest absolute Gasteiger partial charge is 0.338 e. The first-order valence-electron chi connectivity index (χ1n) is 7.49. The van der Waals surface area contributed by atoms with Gasteiger partial charge in [0.15, 0.2) is 0 Å². The Morgan fingerprint density at radius 1 is 1.42 bits per heavy atom. The van der Waals surface area contributed by atoms with E-state index in [0.29, 0.717) is 6.54 Å². The third-order valence-electron chi connectivity index (χ3n) is 4.18. The minimum Gasteiger partial charge on any atom is -0.338 e. The van der Waals surface area contributed by atoms with Crippen molar-refractivity contribution in [2.45, 2.75) is 31.8 Å². The number of thiazole rings is 1. The molecule has 1 fully saturated rings. The highest BCUT2D eigenvalue weighted by Gasteiger charge is 2.43. The number of piperidine rings is 1. The monoisotopic (exact) mass is 391 g/mol. The number of likely N-dealkylation sites (N-methyl/N-ethyl adjacent to an activating group) is 1. The lowest BCUT2D eigenvalue weighted by atomic mass is 9.87. The van der Waals surface area contributed by atoms with Gasteiger partial charge in [-0.25, -0.2) is 4.98 Å². The Bertz CT molecular complexity index is 640. The van der Waals surface area contributed by atoms with Gasteiger partial charge in [-0.15, -0.1) is 36.2 Å². The molecule has 0 atom stereocenters. The summed E-state index contributed by atoms with van der Waals surface area (Å²) in [5.41, 5.74) is -0.566. The predicted octanol–water partition coefficient (Wildman–Crippen LogP) is 2.23. The van der Waals surface area contributed by atoms with Crippen molar-refractivity contribution in [1.82, 2.24) is 25.0 Å². The molecule has 0 radical (unpaired) electrons. The van der Waals surface area contributed by atoms with Crippen molar-refractivity contribution in [2.75, 3.05) is 20.1 Å². The van der Waals surface area contributed by atoms with Crippen LogP contribution in [0.4, 0.5) is 0 Å². The highest BCUT2D eigenvalue weighted by Crippen LogP contribution is 2.29. The molecule has 1 N–H and O–H groups in total. The quantitative estimate of drug-likeness (QED) is 0.867. The minimum absolute atomic E-state index is 0. The van der Waals surface area contributed by atoms with Crippen LogP contribution in [0.25, 0.3) is 0 Å². The minimum atomic E-state index is -0.566. The topological polar surface area (TPSA) is 63.1 Å². The zero-order valence-corrected chi connectivity index (χ0v) is 16.2. The van der Waals surface area contributed by atoms with Gasteiger partial charge < -0.3 is 10.2 Å². The van der Waals surface area contributed by atoms with E-state index in [0.717, 1.165) is 35.8 Å². The molecule has 0 saturated carbocycles. The fraction of sp³-hybridized carbons (Fsp3) is 0.533. The number of halogens is 2. The average Bonchev–Trinajstić information content (AvgIpc) is 3.19. The maximum Gasteiger partial charge on any atom is 0.250 e. The van der Waals surface area contributed by atoms with Crippen LogP contribution in [-0.2, 0) is 16.9 Å². The predicted molar refractivity (Wildman–Crippen MR) is 100 cm³/mol. The number of rotatable bonds is 4. The van der Waals surface area contributed by atoms with Crippen molar-refractivity contribution < 1.29 is 4.79 Å². The fourth-order valence-corrected chi connectivity index (χ4v) is 3.89. The number of hydrogen-bond donors (Lipinski definition) is 1. The standard InChI is InChI=1S/C15H21N5OS.2ClH/c1-12-17-10-13(22-12)11-19(2)14(21)15(4-7-16-8-5-15)20-9-3-6-18-20;;/h3,6,9-10,16H,4-5,7-8,11H2,1-2H3;2*1H. The average molecular weight is 392 g/mol. The summed E-state index contributed by atoms with van der Waals surface area (Å²) in [6, 6.07) is 1.88. The van der Waals surface area contributed by atoms with E-state index in [1.54, 1.807) is 22.4 Å². The summed E-state index contributed by atoms with van der Waals surface area (Å²) in [5, 5.41) is 8.71. The SMILES string of the molecule is Cc1ncc(CN(C)C(=O)C2(n3cccn3)CCNCC2)s1.Cl.Cl. The van der Waals surface area contributed by atoms with Crippen LogP contribution in [0.2, 0.25) is 0 Å². The van der Waals surface area contributed by atoms with Crippen molar-refractivity contribution in [1.29, 1.82) is 0 Å². The molecule has 1 aliphatic heterocycles. The van der Waals surface area contributed by atoms with Gasteiger partial charge in [-0.3, -0.25) is 9.48 Å². The van der Waals surface area contributed by atoms with Crippen LogP contribution in [0.3, 0.4) is 0 Å². The first kappa shape index (κ1) is 20.9. The van der Waals surface area contributed by atoms with Gasteiger partial charge in [0, 0.05) is 30.5 Å². The van der Waals surface area contributed by atoms with Crippen LogP contribution in [0.15, 0.2) is 24.7 Å². The molecule has 134 valence electrons. The molecule has 2 aromatic rings. The van der Waals surface area contributed by atoms with Gasteiger partial charge in [-0.1, -0.05) is 0 Å². The smallest absolute Gasteiger partial charge is 0.250 e. The van der Waals surface area contributed by atoms with Crippen LogP contribution < -0.4 is 5.32 Å². The molecule has 0 aliphatic carbocycles. The van der Waals surface area contributed by atoms with Gasteiger partial charge in [-0.05, 0) is 38.9 Å². The molecule has 0 bridgehead atoms. The second-order valence-electron chi connectivity index (χ2n) is 5.74. The molecular weight excluding hydrogens is 369 g/mol. The molecule has 0 unspecified atom stereocenters. The normalized spacial score (nSPS) is 15.9. The van der Waals surface area contributed by atoms with E-state index in [1.165, 1.54) is 0 Å². The van der Waals surface area contributed by atoms with Crippen molar-refractivity contribution in [3.8, 4) is 0 Å². The van der Waals surface area contributed by atoms with E-state index in [4.69, 9.17) is 0 Å². The second kappa shape index (κ2) is 8.80. The Kier molecular flexibility index (Phi) is 7.66. The van der Waals surface area contributed by atoms with Gasteiger partial charge >= 0.3 is 0 Å². The van der Waals surface area contributed by atoms with Crippen molar-refractivity contribution in [3.63, 3.8) is 0 Å².